The van der Waals surface area contributed by atoms with E-state index in [4.69, 9.17) is 16.0 Å². The first-order valence-electron chi connectivity index (χ1n) is 8.38. The third-order valence-electron chi connectivity index (χ3n) is 3.81. The molecule has 3 rings (SSSR count). The second kappa shape index (κ2) is 8.51. The highest BCUT2D eigenvalue weighted by molar-refractivity contribution is 6.30. The molecule has 0 radical (unpaired) electrons. The highest BCUT2D eigenvalue weighted by atomic mass is 35.5. The Morgan fingerprint density at radius 3 is 2.52 bits per heavy atom. The lowest BCUT2D eigenvalue weighted by Gasteiger charge is -2.06. The van der Waals surface area contributed by atoms with Crippen molar-refractivity contribution in [1.29, 1.82) is 0 Å². The van der Waals surface area contributed by atoms with E-state index in [1.807, 2.05) is 19.1 Å². The molecule has 0 aliphatic rings. The third-order valence-corrected chi connectivity index (χ3v) is 4.04. The van der Waals surface area contributed by atoms with Crippen LogP contribution >= 0.6 is 11.6 Å². The Morgan fingerprint density at radius 2 is 1.81 bits per heavy atom. The molecule has 138 valence electrons. The van der Waals surface area contributed by atoms with Crippen molar-refractivity contribution in [3.05, 3.63) is 76.8 Å². The largest absolute Gasteiger partial charge is 0.451 e. The molecule has 7 heteroatoms. The number of aryl methyl sites for hydroxylation is 1. The summed E-state index contributed by atoms with van der Waals surface area (Å²) in [6.07, 6.45) is 1.52. The van der Waals surface area contributed by atoms with Gasteiger partial charge in [0.05, 0.1) is 5.56 Å². The fourth-order valence-electron chi connectivity index (χ4n) is 2.40. The molecule has 0 aliphatic heterocycles. The standard InChI is InChI=1S/C20H18ClN3O3/c1-13-5-6-15(12-24-13)19(25)22-9-10-23-20(26)18-8-7-17(27-18)14-3-2-4-16(21)11-14/h2-8,11-12H,9-10H2,1H3,(H,22,25)(H,23,26). The Balaban J connectivity index is 1.48. The summed E-state index contributed by atoms with van der Waals surface area (Å²) in [5.74, 6) is 0.161. The highest BCUT2D eigenvalue weighted by Crippen LogP contribution is 2.24. The molecule has 0 atom stereocenters. The van der Waals surface area contributed by atoms with Crippen molar-refractivity contribution in [3.8, 4) is 11.3 Å². The number of rotatable bonds is 6. The van der Waals surface area contributed by atoms with E-state index < -0.39 is 0 Å². The maximum atomic E-state index is 12.2. The predicted molar refractivity (Wildman–Crippen MR) is 103 cm³/mol. The van der Waals surface area contributed by atoms with Gasteiger partial charge in [-0.25, -0.2) is 0 Å². The zero-order valence-corrected chi connectivity index (χ0v) is 15.4. The van der Waals surface area contributed by atoms with Gasteiger partial charge in [0.1, 0.15) is 5.76 Å². The minimum absolute atomic E-state index is 0.194. The molecule has 0 aliphatic carbocycles. The van der Waals surface area contributed by atoms with Gasteiger partial charge in [-0.1, -0.05) is 23.7 Å². The van der Waals surface area contributed by atoms with Crippen LogP contribution in [-0.2, 0) is 0 Å². The van der Waals surface area contributed by atoms with Gasteiger partial charge < -0.3 is 15.1 Å². The average Bonchev–Trinajstić information content (AvgIpc) is 3.16. The predicted octanol–water partition coefficient (Wildman–Crippen LogP) is 3.46. The second-order valence-corrected chi connectivity index (χ2v) is 6.31. The third kappa shape index (κ3) is 4.95. The van der Waals surface area contributed by atoms with E-state index in [9.17, 15) is 9.59 Å². The lowest BCUT2D eigenvalue weighted by atomic mass is 10.2. The summed E-state index contributed by atoms with van der Waals surface area (Å²) in [7, 11) is 0. The topological polar surface area (TPSA) is 84.2 Å². The smallest absolute Gasteiger partial charge is 0.287 e. The van der Waals surface area contributed by atoms with Gasteiger partial charge in [0.2, 0.25) is 0 Å². The number of benzene rings is 1. The number of furan rings is 1. The van der Waals surface area contributed by atoms with Crippen LogP contribution in [0.3, 0.4) is 0 Å². The molecular formula is C20H18ClN3O3. The SMILES string of the molecule is Cc1ccc(C(=O)NCCNC(=O)c2ccc(-c3cccc(Cl)c3)o2)cn1. The number of carbonyl (C=O) groups is 2. The zero-order valence-electron chi connectivity index (χ0n) is 14.7. The van der Waals surface area contributed by atoms with Crippen molar-refractivity contribution in [3.63, 3.8) is 0 Å². The summed E-state index contributed by atoms with van der Waals surface area (Å²) in [6, 6.07) is 14.0. The zero-order chi connectivity index (χ0) is 19.2. The maximum absolute atomic E-state index is 12.2. The normalized spacial score (nSPS) is 10.4. The van der Waals surface area contributed by atoms with Gasteiger partial charge in [-0.15, -0.1) is 0 Å². The molecule has 0 saturated heterocycles. The Labute approximate surface area is 161 Å². The summed E-state index contributed by atoms with van der Waals surface area (Å²) in [6.45, 7) is 2.42. The number of nitrogens with zero attached hydrogens (tertiary/aromatic N) is 1. The van der Waals surface area contributed by atoms with Crippen LogP contribution in [0.15, 0.2) is 59.1 Å². The Morgan fingerprint density at radius 1 is 1.04 bits per heavy atom. The molecule has 0 unspecified atom stereocenters. The molecule has 27 heavy (non-hydrogen) atoms. The number of pyridine rings is 1. The summed E-state index contributed by atoms with van der Waals surface area (Å²) < 4.78 is 5.58. The van der Waals surface area contributed by atoms with Gasteiger partial charge in [-0.05, 0) is 43.3 Å². The molecule has 6 nitrogen and oxygen atoms in total. The van der Waals surface area contributed by atoms with Crippen molar-refractivity contribution < 1.29 is 14.0 Å². The number of aromatic nitrogens is 1. The average molecular weight is 384 g/mol. The number of hydrogen-bond donors (Lipinski definition) is 2. The maximum Gasteiger partial charge on any atom is 0.287 e. The van der Waals surface area contributed by atoms with Crippen molar-refractivity contribution in [2.45, 2.75) is 6.92 Å². The molecular weight excluding hydrogens is 366 g/mol. The first-order chi connectivity index (χ1) is 13.0. The highest BCUT2D eigenvalue weighted by Gasteiger charge is 2.12. The van der Waals surface area contributed by atoms with Crippen molar-refractivity contribution in [2.24, 2.45) is 0 Å². The van der Waals surface area contributed by atoms with E-state index in [2.05, 4.69) is 15.6 Å². The van der Waals surface area contributed by atoms with E-state index >= 15 is 0 Å². The molecule has 3 aromatic rings. The second-order valence-electron chi connectivity index (χ2n) is 5.87. The lowest BCUT2D eigenvalue weighted by molar-refractivity contribution is 0.0911. The van der Waals surface area contributed by atoms with E-state index in [0.29, 0.717) is 22.9 Å². The fourth-order valence-corrected chi connectivity index (χ4v) is 2.59. The minimum atomic E-state index is -0.352. The monoisotopic (exact) mass is 383 g/mol. The minimum Gasteiger partial charge on any atom is -0.451 e. The van der Waals surface area contributed by atoms with Crippen LogP contribution in [0, 0.1) is 6.92 Å². The van der Waals surface area contributed by atoms with Gasteiger partial charge in [0.15, 0.2) is 5.76 Å². The van der Waals surface area contributed by atoms with Crippen molar-refractivity contribution in [2.75, 3.05) is 13.1 Å². The van der Waals surface area contributed by atoms with Crippen LogP contribution < -0.4 is 10.6 Å². The van der Waals surface area contributed by atoms with Crippen molar-refractivity contribution in [1.82, 2.24) is 15.6 Å². The molecule has 1 aromatic carbocycles. The number of nitrogens with one attached hydrogen (secondary N) is 2. The quantitative estimate of drug-likeness (QED) is 0.638. The Kier molecular flexibility index (Phi) is 5.88. The summed E-state index contributed by atoms with van der Waals surface area (Å²) in [5, 5.41) is 6.02. The molecule has 0 bridgehead atoms. The molecule has 2 aromatic heterocycles. The molecule has 2 amide bonds. The van der Waals surface area contributed by atoms with Gasteiger partial charge >= 0.3 is 0 Å². The first kappa shape index (κ1) is 18.7. The van der Waals surface area contributed by atoms with Gasteiger partial charge in [-0.3, -0.25) is 14.6 Å². The fraction of sp³-hybridized carbons (Fsp3) is 0.150. The summed E-state index contributed by atoms with van der Waals surface area (Å²) in [5.41, 5.74) is 2.11. The summed E-state index contributed by atoms with van der Waals surface area (Å²) in [4.78, 5) is 28.2. The van der Waals surface area contributed by atoms with E-state index in [-0.39, 0.29) is 24.1 Å². The number of amides is 2. The number of hydrogen-bond acceptors (Lipinski definition) is 4. The molecule has 0 saturated carbocycles. The van der Waals surface area contributed by atoms with E-state index in [1.165, 1.54) is 6.20 Å². The summed E-state index contributed by atoms with van der Waals surface area (Å²) >= 11 is 5.97. The van der Waals surface area contributed by atoms with Crippen LogP contribution in [-0.4, -0.2) is 29.9 Å². The molecule has 2 heterocycles. The molecule has 2 N–H and O–H groups in total. The van der Waals surface area contributed by atoms with Gasteiger partial charge in [-0.2, -0.15) is 0 Å². The van der Waals surface area contributed by atoms with Crippen LogP contribution in [0.25, 0.3) is 11.3 Å². The number of carbonyl (C=O) groups excluding carboxylic acids is 2. The van der Waals surface area contributed by atoms with E-state index in [1.54, 1.807) is 36.4 Å². The number of halogens is 1. The van der Waals surface area contributed by atoms with E-state index in [0.717, 1.165) is 11.3 Å². The van der Waals surface area contributed by atoms with Gasteiger partial charge in [0.25, 0.3) is 11.8 Å². The van der Waals surface area contributed by atoms with Crippen LogP contribution in [0.4, 0.5) is 0 Å². The first-order valence-corrected chi connectivity index (χ1v) is 8.75. The Bertz CT molecular complexity index is 951. The molecule has 0 fully saturated rings. The van der Waals surface area contributed by atoms with Crippen LogP contribution in [0.5, 0.6) is 0 Å². The lowest BCUT2D eigenvalue weighted by Crippen LogP contribution is -2.34. The van der Waals surface area contributed by atoms with Gasteiger partial charge in [0, 0.05) is 35.6 Å². The van der Waals surface area contributed by atoms with Crippen LogP contribution in [0.2, 0.25) is 5.02 Å². The van der Waals surface area contributed by atoms with Crippen LogP contribution in [0.1, 0.15) is 26.6 Å². The molecule has 0 spiro atoms. The Hall–Kier alpha value is -3.12. The van der Waals surface area contributed by atoms with Crippen molar-refractivity contribution >= 4 is 23.4 Å².